The number of nitrogens with zero attached hydrogens (tertiary/aromatic N) is 2. The van der Waals surface area contributed by atoms with E-state index in [-0.39, 0.29) is 17.5 Å². The average molecular weight is 389 g/mol. The standard InChI is InChI=1S/C21H31N3O4/c1-5-6-7-9-15(2)23-20(25)10-8-11-24-14-22-17-13-19(28-4)18(27-3)12-16(17)21(24)26/h12-15H,5-11H2,1-4H3,(H,23,25). The first-order valence-electron chi connectivity index (χ1n) is 9.90. The molecular formula is C21H31N3O4. The molecule has 28 heavy (non-hydrogen) atoms. The first-order valence-corrected chi connectivity index (χ1v) is 9.90. The highest BCUT2D eigenvalue weighted by Crippen LogP contribution is 2.29. The van der Waals surface area contributed by atoms with Gasteiger partial charge in [-0.1, -0.05) is 26.2 Å². The number of fused-ring (bicyclic) bond motifs is 1. The van der Waals surface area contributed by atoms with Crippen LogP contribution >= 0.6 is 0 Å². The number of carbonyl (C=O) groups is 1. The van der Waals surface area contributed by atoms with Gasteiger partial charge in [0.25, 0.3) is 5.56 Å². The molecule has 0 saturated heterocycles. The molecule has 2 rings (SSSR count). The summed E-state index contributed by atoms with van der Waals surface area (Å²) in [5, 5.41) is 3.49. The van der Waals surface area contributed by atoms with E-state index in [2.05, 4.69) is 17.2 Å². The summed E-state index contributed by atoms with van der Waals surface area (Å²) in [7, 11) is 3.07. The van der Waals surface area contributed by atoms with E-state index >= 15 is 0 Å². The minimum Gasteiger partial charge on any atom is -0.493 e. The van der Waals surface area contributed by atoms with Crippen LogP contribution < -0.4 is 20.3 Å². The van der Waals surface area contributed by atoms with Gasteiger partial charge >= 0.3 is 0 Å². The summed E-state index contributed by atoms with van der Waals surface area (Å²) >= 11 is 0. The Labute approximate surface area is 166 Å². The van der Waals surface area contributed by atoms with Crippen molar-refractivity contribution in [3.63, 3.8) is 0 Å². The Morgan fingerprint density at radius 1 is 1.18 bits per heavy atom. The third kappa shape index (κ3) is 5.71. The van der Waals surface area contributed by atoms with Crippen molar-refractivity contribution in [2.45, 2.75) is 65.0 Å². The number of methoxy groups -OCH3 is 2. The van der Waals surface area contributed by atoms with E-state index in [0.717, 1.165) is 12.8 Å². The van der Waals surface area contributed by atoms with E-state index in [1.54, 1.807) is 19.2 Å². The van der Waals surface area contributed by atoms with Gasteiger partial charge in [-0.05, 0) is 25.8 Å². The third-order valence-corrected chi connectivity index (χ3v) is 4.78. The van der Waals surface area contributed by atoms with Crippen LogP contribution in [0.25, 0.3) is 10.9 Å². The normalized spacial score (nSPS) is 12.0. The van der Waals surface area contributed by atoms with E-state index in [4.69, 9.17) is 9.47 Å². The minimum absolute atomic E-state index is 0.0252. The zero-order valence-corrected chi connectivity index (χ0v) is 17.3. The lowest BCUT2D eigenvalue weighted by Gasteiger charge is -2.14. The van der Waals surface area contributed by atoms with Crippen LogP contribution in [0.4, 0.5) is 0 Å². The summed E-state index contributed by atoms with van der Waals surface area (Å²) in [6.07, 6.45) is 6.97. The number of amides is 1. The van der Waals surface area contributed by atoms with Crippen molar-refractivity contribution in [3.05, 3.63) is 28.8 Å². The number of hydrogen-bond acceptors (Lipinski definition) is 5. The number of aryl methyl sites for hydroxylation is 1. The molecule has 1 unspecified atom stereocenters. The van der Waals surface area contributed by atoms with Crippen LogP contribution in [0.15, 0.2) is 23.3 Å². The number of rotatable bonds is 11. The quantitative estimate of drug-likeness (QED) is 0.597. The lowest BCUT2D eigenvalue weighted by Crippen LogP contribution is -2.32. The summed E-state index contributed by atoms with van der Waals surface area (Å²) in [5.41, 5.74) is 0.400. The van der Waals surface area contributed by atoms with Crippen LogP contribution in [0.1, 0.15) is 52.4 Å². The van der Waals surface area contributed by atoms with Gasteiger partial charge in [-0.2, -0.15) is 0 Å². The first kappa shape index (κ1) is 21.7. The molecule has 0 bridgehead atoms. The van der Waals surface area contributed by atoms with Crippen molar-refractivity contribution in [1.82, 2.24) is 14.9 Å². The van der Waals surface area contributed by atoms with Crippen LogP contribution in [0.2, 0.25) is 0 Å². The largest absolute Gasteiger partial charge is 0.493 e. The zero-order chi connectivity index (χ0) is 20.5. The molecule has 2 aromatic rings. The summed E-state index contributed by atoms with van der Waals surface area (Å²) in [4.78, 5) is 29.1. The Kier molecular flexibility index (Phi) is 8.29. The number of aromatic nitrogens is 2. The highest BCUT2D eigenvalue weighted by atomic mass is 16.5. The molecule has 1 aromatic heterocycles. The maximum Gasteiger partial charge on any atom is 0.261 e. The molecule has 1 amide bonds. The number of unbranched alkanes of at least 4 members (excludes halogenated alkanes) is 2. The van der Waals surface area contributed by atoms with Gasteiger partial charge in [-0.3, -0.25) is 14.2 Å². The molecule has 0 fully saturated rings. The van der Waals surface area contributed by atoms with Crippen molar-refractivity contribution in [1.29, 1.82) is 0 Å². The van der Waals surface area contributed by atoms with Gasteiger partial charge in [0.15, 0.2) is 11.5 Å². The lowest BCUT2D eigenvalue weighted by atomic mass is 10.1. The molecule has 0 spiro atoms. The fraction of sp³-hybridized carbons (Fsp3) is 0.571. The summed E-state index contributed by atoms with van der Waals surface area (Å²) in [6.45, 7) is 4.64. The topological polar surface area (TPSA) is 82.5 Å². The van der Waals surface area contributed by atoms with Gasteiger partial charge in [0, 0.05) is 25.1 Å². The molecule has 0 saturated carbocycles. The van der Waals surface area contributed by atoms with Crippen molar-refractivity contribution in [3.8, 4) is 11.5 Å². The number of nitrogens with one attached hydrogen (secondary N) is 1. The number of ether oxygens (including phenoxy) is 2. The molecule has 1 atom stereocenters. The second kappa shape index (κ2) is 10.7. The molecule has 0 aliphatic rings. The van der Waals surface area contributed by atoms with Gasteiger partial charge < -0.3 is 14.8 Å². The summed E-state index contributed by atoms with van der Waals surface area (Å²) < 4.78 is 12.1. The van der Waals surface area contributed by atoms with Crippen LogP contribution in [-0.2, 0) is 11.3 Å². The first-order chi connectivity index (χ1) is 13.5. The minimum atomic E-state index is -0.153. The fourth-order valence-electron chi connectivity index (χ4n) is 3.17. The van der Waals surface area contributed by atoms with Crippen molar-refractivity contribution in [2.75, 3.05) is 14.2 Å². The van der Waals surface area contributed by atoms with E-state index < -0.39 is 0 Å². The predicted molar refractivity (Wildman–Crippen MR) is 110 cm³/mol. The van der Waals surface area contributed by atoms with Crippen LogP contribution in [0, 0.1) is 0 Å². The van der Waals surface area contributed by atoms with Crippen molar-refractivity contribution < 1.29 is 14.3 Å². The molecule has 1 heterocycles. The molecule has 1 N–H and O–H groups in total. The van der Waals surface area contributed by atoms with E-state index in [0.29, 0.717) is 41.8 Å². The maximum atomic E-state index is 12.7. The van der Waals surface area contributed by atoms with Crippen LogP contribution in [-0.4, -0.2) is 35.7 Å². The molecule has 0 aliphatic heterocycles. The number of hydrogen-bond donors (Lipinski definition) is 1. The van der Waals surface area contributed by atoms with Crippen LogP contribution in [0.3, 0.4) is 0 Å². The average Bonchev–Trinajstić information content (AvgIpc) is 2.69. The smallest absolute Gasteiger partial charge is 0.261 e. The number of benzene rings is 1. The van der Waals surface area contributed by atoms with E-state index in [1.165, 1.54) is 30.8 Å². The maximum absolute atomic E-state index is 12.7. The van der Waals surface area contributed by atoms with E-state index in [1.807, 2.05) is 6.92 Å². The van der Waals surface area contributed by atoms with Crippen molar-refractivity contribution in [2.24, 2.45) is 0 Å². The summed E-state index contributed by atoms with van der Waals surface area (Å²) in [5.74, 6) is 1.05. The molecule has 7 nitrogen and oxygen atoms in total. The second-order valence-electron chi connectivity index (χ2n) is 7.04. The Hall–Kier alpha value is -2.57. The second-order valence-corrected chi connectivity index (χ2v) is 7.04. The highest BCUT2D eigenvalue weighted by Gasteiger charge is 2.12. The lowest BCUT2D eigenvalue weighted by molar-refractivity contribution is -0.121. The van der Waals surface area contributed by atoms with Gasteiger partial charge in [-0.25, -0.2) is 4.98 Å². The monoisotopic (exact) mass is 389 g/mol. The zero-order valence-electron chi connectivity index (χ0n) is 17.3. The Balaban J connectivity index is 1.96. The third-order valence-electron chi connectivity index (χ3n) is 4.78. The molecule has 0 aliphatic carbocycles. The Morgan fingerprint density at radius 3 is 2.57 bits per heavy atom. The van der Waals surface area contributed by atoms with Gasteiger partial charge in [0.05, 0.1) is 31.4 Å². The number of carbonyl (C=O) groups excluding carboxylic acids is 1. The van der Waals surface area contributed by atoms with Crippen LogP contribution in [0.5, 0.6) is 11.5 Å². The van der Waals surface area contributed by atoms with Crippen molar-refractivity contribution >= 4 is 16.8 Å². The molecule has 7 heteroatoms. The molecular weight excluding hydrogens is 358 g/mol. The molecule has 1 aromatic carbocycles. The van der Waals surface area contributed by atoms with Gasteiger partial charge in [-0.15, -0.1) is 0 Å². The van der Waals surface area contributed by atoms with E-state index in [9.17, 15) is 9.59 Å². The molecule has 0 radical (unpaired) electrons. The van der Waals surface area contributed by atoms with Gasteiger partial charge in [0.2, 0.25) is 5.91 Å². The highest BCUT2D eigenvalue weighted by molar-refractivity contribution is 5.81. The fourth-order valence-corrected chi connectivity index (χ4v) is 3.17. The summed E-state index contributed by atoms with van der Waals surface area (Å²) in [6, 6.07) is 3.52. The van der Waals surface area contributed by atoms with Gasteiger partial charge in [0.1, 0.15) is 0 Å². The molecule has 154 valence electrons. The Bertz CT molecular complexity index is 847. The SMILES string of the molecule is CCCCCC(C)NC(=O)CCCn1cnc2cc(OC)c(OC)cc2c1=O. The Morgan fingerprint density at radius 2 is 1.89 bits per heavy atom. The predicted octanol–water partition coefficient (Wildman–Crippen LogP) is 3.28.